The fourth-order valence-electron chi connectivity index (χ4n) is 4.17. The smallest absolute Gasteiger partial charge is 0.300 e. The summed E-state index contributed by atoms with van der Waals surface area (Å²) < 4.78 is 16.4. The molecule has 8 heteroatoms. The summed E-state index contributed by atoms with van der Waals surface area (Å²) in [5.41, 5.74) is 1.12. The Morgan fingerprint density at radius 2 is 1.60 bits per heavy atom. The van der Waals surface area contributed by atoms with Gasteiger partial charge in [-0.2, -0.15) is 0 Å². The number of Topliss-reactive ketones (excluding diaryl/α,β-unsaturated/α-hetero) is 1. The van der Waals surface area contributed by atoms with E-state index in [9.17, 15) is 14.7 Å². The van der Waals surface area contributed by atoms with E-state index in [1.165, 1.54) is 19.1 Å². The second-order valence-electron chi connectivity index (χ2n) is 7.69. The first-order chi connectivity index (χ1) is 16.9. The van der Waals surface area contributed by atoms with Crippen molar-refractivity contribution in [3.8, 4) is 17.2 Å². The molecule has 0 spiro atoms. The maximum atomic E-state index is 13.4. The molecule has 1 saturated heterocycles. The molecule has 1 fully saturated rings. The van der Waals surface area contributed by atoms with Crippen molar-refractivity contribution in [3.05, 3.63) is 88.5 Å². The van der Waals surface area contributed by atoms with Crippen molar-refractivity contribution >= 4 is 34.7 Å². The molecule has 0 bridgehead atoms. The molecule has 180 valence electrons. The van der Waals surface area contributed by atoms with Crippen molar-refractivity contribution in [3.63, 3.8) is 0 Å². The van der Waals surface area contributed by atoms with Crippen LogP contribution >= 0.6 is 11.6 Å². The fraction of sp³-hybridized carbons (Fsp3) is 0.185. The summed E-state index contributed by atoms with van der Waals surface area (Å²) >= 11 is 6.10. The monoisotopic (exact) mass is 493 g/mol. The number of hydrogen-bond acceptors (Lipinski definition) is 6. The third-order valence-electron chi connectivity index (χ3n) is 5.70. The Balaban J connectivity index is 1.99. The van der Waals surface area contributed by atoms with E-state index in [0.29, 0.717) is 40.1 Å². The van der Waals surface area contributed by atoms with Gasteiger partial charge < -0.3 is 19.3 Å². The highest BCUT2D eigenvalue weighted by Gasteiger charge is 2.47. The highest BCUT2D eigenvalue weighted by Crippen LogP contribution is 2.45. The molecule has 4 rings (SSSR count). The standard InChI is InChI=1S/C27H24ClNO6/c1-4-35-19-8-5-7-18(15-19)29-24(16-11-13-17(28)14-12-16)23(26(31)27(29)32)25(30)22-20(33-2)9-6-10-21(22)34-3/h5-15,24,30H,4H2,1-3H3/b25-23+. The minimum atomic E-state index is -0.932. The number of ether oxygens (including phenoxy) is 3. The zero-order valence-corrected chi connectivity index (χ0v) is 20.2. The Bertz CT molecular complexity index is 1280. The van der Waals surface area contributed by atoms with Crippen molar-refractivity contribution in [1.29, 1.82) is 0 Å². The Hall–Kier alpha value is -3.97. The van der Waals surface area contributed by atoms with Crippen LogP contribution in [0.15, 0.2) is 72.3 Å². The highest BCUT2D eigenvalue weighted by molar-refractivity contribution is 6.51. The predicted octanol–water partition coefficient (Wildman–Crippen LogP) is 5.38. The molecule has 0 aliphatic carbocycles. The third-order valence-corrected chi connectivity index (χ3v) is 5.95. The number of amides is 1. The summed E-state index contributed by atoms with van der Waals surface area (Å²) in [7, 11) is 2.89. The lowest BCUT2D eigenvalue weighted by Gasteiger charge is -2.26. The number of carbonyl (C=O) groups excluding carboxylic acids is 2. The molecule has 35 heavy (non-hydrogen) atoms. The number of halogens is 1. The van der Waals surface area contributed by atoms with E-state index in [1.807, 2.05) is 6.92 Å². The van der Waals surface area contributed by atoms with Gasteiger partial charge >= 0.3 is 0 Å². The highest BCUT2D eigenvalue weighted by atomic mass is 35.5. The van der Waals surface area contributed by atoms with Crippen LogP contribution in [0, 0.1) is 0 Å². The van der Waals surface area contributed by atoms with E-state index in [4.69, 9.17) is 25.8 Å². The lowest BCUT2D eigenvalue weighted by molar-refractivity contribution is -0.132. The summed E-state index contributed by atoms with van der Waals surface area (Å²) in [5, 5.41) is 12.0. The summed E-state index contributed by atoms with van der Waals surface area (Å²) in [6, 6.07) is 17.7. The molecule has 0 aromatic heterocycles. The minimum absolute atomic E-state index is 0.0954. The van der Waals surface area contributed by atoms with Crippen LogP contribution in [0.4, 0.5) is 5.69 Å². The number of aliphatic hydroxyl groups is 1. The van der Waals surface area contributed by atoms with E-state index < -0.39 is 23.5 Å². The number of methoxy groups -OCH3 is 2. The molecule has 1 amide bonds. The molecule has 3 aromatic carbocycles. The minimum Gasteiger partial charge on any atom is -0.506 e. The van der Waals surface area contributed by atoms with Gasteiger partial charge in [0.05, 0.1) is 32.4 Å². The van der Waals surface area contributed by atoms with Crippen LogP contribution in [0.1, 0.15) is 24.1 Å². The molecule has 7 nitrogen and oxygen atoms in total. The van der Waals surface area contributed by atoms with Gasteiger partial charge in [-0.25, -0.2) is 0 Å². The molecule has 1 aliphatic heterocycles. The molecular weight excluding hydrogens is 470 g/mol. The summed E-state index contributed by atoms with van der Waals surface area (Å²) in [5.74, 6) is -0.886. The van der Waals surface area contributed by atoms with E-state index in [0.717, 1.165) is 0 Å². The molecule has 1 heterocycles. The summed E-state index contributed by atoms with van der Waals surface area (Å²) in [4.78, 5) is 28.1. The average molecular weight is 494 g/mol. The van der Waals surface area contributed by atoms with Crippen molar-refractivity contribution < 1.29 is 28.9 Å². The lowest BCUT2D eigenvalue weighted by Crippen LogP contribution is -2.29. The van der Waals surface area contributed by atoms with Gasteiger partial charge in [0.1, 0.15) is 28.6 Å². The second kappa shape index (κ2) is 10.1. The normalized spacial score (nSPS) is 16.9. The topological polar surface area (TPSA) is 85.3 Å². The lowest BCUT2D eigenvalue weighted by atomic mass is 9.94. The third kappa shape index (κ3) is 4.42. The van der Waals surface area contributed by atoms with Crippen LogP contribution in [0.25, 0.3) is 5.76 Å². The Morgan fingerprint density at radius 3 is 2.20 bits per heavy atom. The van der Waals surface area contributed by atoms with Crippen molar-refractivity contribution in [2.75, 3.05) is 25.7 Å². The summed E-state index contributed by atoms with van der Waals surface area (Å²) in [6.07, 6.45) is 0. The van der Waals surface area contributed by atoms with E-state index in [1.54, 1.807) is 66.7 Å². The SMILES string of the molecule is CCOc1cccc(N2C(=O)C(=O)/C(=C(/O)c3c(OC)cccc3OC)C2c2ccc(Cl)cc2)c1. The summed E-state index contributed by atoms with van der Waals surface area (Å²) in [6.45, 7) is 2.30. The number of carbonyl (C=O) groups is 2. The van der Waals surface area contributed by atoms with Gasteiger partial charge in [0.2, 0.25) is 0 Å². The predicted molar refractivity (Wildman–Crippen MR) is 133 cm³/mol. The molecule has 0 saturated carbocycles. The Kier molecular flexibility index (Phi) is 6.98. The number of anilines is 1. The van der Waals surface area contributed by atoms with Gasteiger partial charge in [-0.05, 0) is 48.9 Å². The molecule has 1 N–H and O–H groups in total. The van der Waals surface area contributed by atoms with Crippen LogP contribution < -0.4 is 19.1 Å². The Morgan fingerprint density at radius 1 is 0.971 bits per heavy atom. The molecular formula is C27H24ClNO6. The first-order valence-electron chi connectivity index (χ1n) is 10.9. The largest absolute Gasteiger partial charge is 0.506 e. The number of aliphatic hydroxyl groups excluding tert-OH is 1. The van der Waals surface area contributed by atoms with Gasteiger partial charge in [-0.3, -0.25) is 14.5 Å². The number of ketones is 1. The van der Waals surface area contributed by atoms with Gasteiger partial charge in [-0.1, -0.05) is 35.9 Å². The van der Waals surface area contributed by atoms with E-state index in [-0.39, 0.29) is 11.1 Å². The quantitative estimate of drug-likeness (QED) is 0.270. The first-order valence-corrected chi connectivity index (χ1v) is 11.3. The molecule has 1 aliphatic rings. The van der Waals surface area contributed by atoms with Gasteiger partial charge in [0.15, 0.2) is 0 Å². The van der Waals surface area contributed by atoms with Crippen LogP contribution in [0.2, 0.25) is 5.02 Å². The van der Waals surface area contributed by atoms with Crippen molar-refractivity contribution in [1.82, 2.24) is 0 Å². The van der Waals surface area contributed by atoms with Gasteiger partial charge in [0, 0.05) is 16.8 Å². The molecule has 3 aromatic rings. The number of benzene rings is 3. The van der Waals surface area contributed by atoms with Gasteiger partial charge in [-0.15, -0.1) is 0 Å². The van der Waals surface area contributed by atoms with Crippen molar-refractivity contribution in [2.24, 2.45) is 0 Å². The molecule has 0 radical (unpaired) electrons. The molecule has 1 unspecified atom stereocenters. The van der Waals surface area contributed by atoms with Crippen molar-refractivity contribution in [2.45, 2.75) is 13.0 Å². The maximum Gasteiger partial charge on any atom is 0.300 e. The fourth-order valence-corrected chi connectivity index (χ4v) is 4.29. The number of hydrogen-bond donors (Lipinski definition) is 1. The number of rotatable bonds is 7. The van der Waals surface area contributed by atoms with Crippen LogP contribution in [-0.4, -0.2) is 37.6 Å². The number of nitrogens with zero attached hydrogens (tertiary/aromatic N) is 1. The average Bonchev–Trinajstić information content (AvgIpc) is 3.14. The zero-order valence-electron chi connectivity index (χ0n) is 19.4. The van der Waals surface area contributed by atoms with Crippen LogP contribution in [-0.2, 0) is 9.59 Å². The van der Waals surface area contributed by atoms with Crippen LogP contribution in [0.3, 0.4) is 0 Å². The van der Waals surface area contributed by atoms with Gasteiger partial charge in [0.25, 0.3) is 11.7 Å². The van der Waals surface area contributed by atoms with E-state index in [2.05, 4.69) is 0 Å². The Labute approximate surface area is 208 Å². The maximum absolute atomic E-state index is 13.4. The van der Waals surface area contributed by atoms with E-state index >= 15 is 0 Å². The zero-order chi connectivity index (χ0) is 25.1. The molecule has 1 atom stereocenters. The van der Waals surface area contributed by atoms with Crippen LogP contribution in [0.5, 0.6) is 17.2 Å². The first kappa shape index (κ1) is 24.2. The second-order valence-corrected chi connectivity index (χ2v) is 8.12.